The highest BCUT2D eigenvalue weighted by atomic mass is 32.2. The van der Waals surface area contributed by atoms with Crippen molar-refractivity contribution in [3.8, 4) is 0 Å². The quantitative estimate of drug-likeness (QED) is 0.701. The summed E-state index contributed by atoms with van der Waals surface area (Å²) in [6, 6.07) is 4.89. The topological polar surface area (TPSA) is 114 Å². The Labute approximate surface area is 170 Å². The standard InChI is InChI=1S/C19H27N3O6S/c1-13(18(24)22-9-7-15(8-10-22)19-27-11-12-28-19)21-29(25,26)17-5-3-16(4-6-17)20-14(2)23/h3-6,13,15,19,21H,7-12H2,1-2H3,(H,20,23)/t13-/m0/s1. The molecule has 0 aromatic heterocycles. The minimum atomic E-state index is -3.86. The van der Waals surface area contributed by atoms with E-state index in [1.807, 2.05) is 0 Å². The molecule has 0 bridgehead atoms. The smallest absolute Gasteiger partial charge is 0.241 e. The summed E-state index contributed by atoms with van der Waals surface area (Å²) >= 11 is 0. The minimum Gasteiger partial charge on any atom is -0.350 e. The average molecular weight is 426 g/mol. The molecule has 0 radical (unpaired) electrons. The molecule has 2 aliphatic rings. The molecule has 0 aliphatic carbocycles. The number of anilines is 1. The molecule has 3 rings (SSSR count). The first-order chi connectivity index (χ1) is 13.8. The highest BCUT2D eigenvalue weighted by Crippen LogP contribution is 2.26. The number of piperidine rings is 1. The highest BCUT2D eigenvalue weighted by Gasteiger charge is 2.33. The zero-order valence-electron chi connectivity index (χ0n) is 16.6. The summed E-state index contributed by atoms with van der Waals surface area (Å²) in [6.45, 7) is 5.22. The Kier molecular flexibility index (Phi) is 6.89. The van der Waals surface area contributed by atoms with Crippen molar-refractivity contribution in [1.29, 1.82) is 0 Å². The number of nitrogens with one attached hydrogen (secondary N) is 2. The summed E-state index contributed by atoms with van der Waals surface area (Å²) in [6.07, 6.45) is 1.34. The monoisotopic (exact) mass is 425 g/mol. The molecule has 1 aromatic carbocycles. The van der Waals surface area contributed by atoms with E-state index in [1.54, 1.807) is 11.8 Å². The molecule has 0 spiro atoms. The molecule has 0 unspecified atom stereocenters. The van der Waals surface area contributed by atoms with Gasteiger partial charge in [0.1, 0.15) is 0 Å². The first kappa shape index (κ1) is 21.7. The number of rotatable bonds is 6. The van der Waals surface area contributed by atoms with Crippen molar-refractivity contribution in [2.75, 3.05) is 31.6 Å². The van der Waals surface area contributed by atoms with Crippen LogP contribution in [0.3, 0.4) is 0 Å². The highest BCUT2D eigenvalue weighted by molar-refractivity contribution is 7.89. The van der Waals surface area contributed by atoms with E-state index >= 15 is 0 Å². The second kappa shape index (κ2) is 9.21. The molecule has 1 atom stereocenters. The minimum absolute atomic E-state index is 0.0282. The van der Waals surface area contributed by atoms with Gasteiger partial charge in [-0.05, 0) is 44.0 Å². The molecule has 10 heteroatoms. The van der Waals surface area contributed by atoms with E-state index in [9.17, 15) is 18.0 Å². The van der Waals surface area contributed by atoms with Crippen molar-refractivity contribution in [2.45, 2.75) is 43.9 Å². The van der Waals surface area contributed by atoms with Gasteiger partial charge < -0.3 is 19.7 Å². The Morgan fingerprint density at radius 3 is 2.24 bits per heavy atom. The van der Waals surface area contributed by atoms with E-state index in [-0.39, 0.29) is 28.9 Å². The second-order valence-corrected chi connectivity index (χ2v) is 9.04. The number of sulfonamides is 1. The molecule has 2 heterocycles. The SMILES string of the molecule is CC(=O)Nc1ccc(S(=O)(=O)N[C@@H](C)C(=O)N2CCC(C3OCCO3)CC2)cc1. The van der Waals surface area contributed by atoms with Crippen LogP contribution in [0.15, 0.2) is 29.2 Å². The Hall–Kier alpha value is -2.01. The van der Waals surface area contributed by atoms with Gasteiger partial charge in [0.15, 0.2) is 6.29 Å². The lowest BCUT2D eigenvalue weighted by atomic mass is 9.96. The maximum atomic E-state index is 12.7. The van der Waals surface area contributed by atoms with Crippen molar-refractivity contribution in [3.63, 3.8) is 0 Å². The van der Waals surface area contributed by atoms with Crippen molar-refractivity contribution >= 4 is 27.5 Å². The van der Waals surface area contributed by atoms with E-state index < -0.39 is 16.1 Å². The van der Waals surface area contributed by atoms with E-state index in [4.69, 9.17) is 9.47 Å². The molecule has 0 saturated carbocycles. The van der Waals surface area contributed by atoms with E-state index in [0.717, 1.165) is 12.8 Å². The van der Waals surface area contributed by atoms with Gasteiger partial charge in [0.25, 0.3) is 0 Å². The number of carbonyl (C=O) groups is 2. The normalized spacial score (nSPS) is 19.9. The molecule has 2 amide bonds. The predicted octanol–water partition coefficient (Wildman–Crippen LogP) is 0.923. The van der Waals surface area contributed by atoms with Gasteiger partial charge in [-0.2, -0.15) is 4.72 Å². The number of likely N-dealkylation sites (tertiary alicyclic amines) is 1. The molecular weight excluding hydrogens is 398 g/mol. The molecule has 1 aromatic rings. The Bertz CT molecular complexity index is 828. The predicted molar refractivity (Wildman–Crippen MR) is 106 cm³/mol. The van der Waals surface area contributed by atoms with Gasteiger partial charge >= 0.3 is 0 Å². The third kappa shape index (κ3) is 5.53. The van der Waals surface area contributed by atoms with Crippen LogP contribution in [0.4, 0.5) is 5.69 Å². The summed E-state index contributed by atoms with van der Waals surface area (Å²) in [5, 5.41) is 2.58. The molecule has 2 fully saturated rings. The van der Waals surface area contributed by atoms with Crippen molar-refractivity contribution in [1.82, 2.24) is 9.62 Å². The van der Waals surface area contributed by atoms with Gasteiger partial charge in [-0.1, -0.05) is 0 Å². The van der Waals surface area contributed by atoms with Crippen LogP contribution in [0.25, 0.3) is 0 Å². The number of hydrogen-bond donors (Lipinski definition) is 2. The lowest BCUT2D eigenvalue weighted by Gasteiger charge is -2.35. The molecule has 160 valence electrons. The van der Waals surface area contributed by atoms with Crippen LogP contribution >= 0.6 is 0 Å². The lowest BCUT2D eigenvalue weighted by molar-refractivity contribution is -0.138. The van der Waals surface area contributed by atoms with E-state index in [1.165, 1.54) is 31.2 Å². The molecule has 2 saturated heterocycles. The Morgan fingerprint density at radius 2 is 1.69 bits per heavy atom. The molecule has 9 nitrogen and oxygen atoms in total. The third-order valence-electron chi connectivity index (χ3n) is 5.07. The second-order valence-electron chi connectivity index (χ2n) is 7.32. The number of carbonyl (C=O) groups excluding carboxylic acids is 2. The van der Waals surface area contributed by atoms with Crippen LogP contribution in [0.5, 0.6) is 0 Å². The summed E-state index contributed by atoms with van der Waals surface area (Å²) < 4.78 is 38.7. The first-order valence-corrected chi connectivity index (χ1v) is 11.2. The number of nitrogens with zero attached hydrogens (tertiary/aromatic N) is 1. The van der Waals surface area contributed by atoms with Crippen LogP contribution in [0.1, 0.15) is 26.7 Å². The Balaban J connectivity index is 1.55. The van der Waals surface area contributed by atoms with Gasteiger partial charge in [0.05, 0.1) is 24.2 Å². The van der Waals surface area contributed by atoms with Crippen molar-refractivity contribution in [3.05, 3.63) is 24.3 Å². The fourth-order valence-electron chi connectivity index (χ4n) is 3.59. The van der Waals surface area contributed by atoms with E-state index in [0.29, 0.717) is 32.0 Å². The summed E-state index contributed by atoms with van der Waals surface area (Å²) in [5.74, 6) is -0.237. The third-order valence-corrected chi connectivity index (χ3v) is 6.63. The fraction of sp³-hybridized carbons (Fsp3) is 0.579. The molecule has 2 aliphatic heterocycles. The molecule has 29 heavy (non-hydrogen) atoms. The summed E-state index contributed by atoms with van der Waals surface area (Å²) in [5.41, 5.74) is 0.499. The van der Waals surface area contributed by atoms with Crippen LogP contribution in [-0.4, -0.2) is 63.8 Å². The van der Waals surface area contributed by atoms with Crippen LogP contribution in [-0.2, 0) is 29.1 Å². The lowest BCUT2D eigenvalue weighted by Crippen LogP contribution is -2.50. The zero-order valence-corrected chi connectivity index (χ0v) is 17.4. The fourth-order valence-corrected chi connectivity index (χ4v) is 4.78. The maximum Gasteiger partial charge on any atom is 0.241 e. The number of hydrogen-bond acceptors (Lipinski definition) is 6. The van der Waals surface area contributed by atoms with Gasteiger partial charge in [-0.25, -0.2) is 8.42 Å². The van der Waals surface area contributed by atoms with Crippen molar-refractivity contribution in [2.24, 2.45) is 5.92 Å². The summed E-state index contributed by atoms with van der Waals surface area (Å²) in [7, 11) is -3.86. The maximum absolute atomic E-state index is 12.7. The van der Waals surface area contributed by atoms with Gasteiger partial charge in [-0.15, -0.1) is 0 Å². The van der Waals surface area contributed by atoms with E-state index in [2.05, 4.69) is 10.0 Å². The van der Waals surface area contributed by atoms with Gasteiger partial charge in [0, 0.05) is 31.6 Å². The van der Waals surface area contributed by atoms with Gasteiger partial charge in [-0.3, -0.25) is 9.59 Å². The summed E-state index contributed by atoms with van der Waals surface area (Å²) in [4.78, 5) is 25.5. The van der Waals surface area contributed by atoms with Crippen LogP contribution in [0, 0.1) is 5.92 Å². The number of amides is 2. The van der Waals surface area contributed by atoms with Crippen molar-refractivity contribution < 1.29 is 27.5 Å². The van der Waals surface area contributed by atoms with Crippen LogP contribution in [0.2, 0.25) is 0 Å². The number of ether oxygens (including phenoxy) is 2. The Morgan fingerprint density at radius 1 is 1.10 bits per heavy atom. The molecular formula is C19H27N3O6S. The van der Waals surface area contributed by atoms with Gasteiger partial charge in [0.2, 0.25) is 21.8 Å². The first-order valence-electron chi connectivity index (χ1n) is 9.68. The average Bonchev–Trinajstić information content (AvgIpc) is 3.22. The zero-order chi connectivity index (χ0) is 21.0. The number of benzene rings is 1. The molecule has 2 N–H and O–H groups in total. The largest absolute Gasteiger partial charge is 0.350 e. The van der Waals surface area contributed by atoms with Crippen LogP contribution < -0.4 is 10.0 Å².